The number of nitrogens with zero attached hydrogens (tertiary/aromatic N) is 1. The molecular formula is C17H25ClN2O. The Morgan fingerprint density at radius 2 is 1.86 bits per heavy atom. The van der Waals surface area contributed by atoms with Crippen LogP contribution in [-0.4, -0.2) is 11.0 Å². The van der Waals surface area contributed by atoms with Crippen LogP contribution in [0.25, 0.3) is 0 Å². The van der Waals surface area contributed by atoms with Crippen molar-refractivity contribution < 1.29 is 5.21 Å². The third-order valence-corrected chi connectivity index (χ3v) is 4.82. The molecular weight excluding hydrogens is 284 g/mol. The van der Waals surface area contributed by atoms with Gasteiger partial charge in [-0.15, -0.1) is 0 Å². The number of nitrogens with one attached hydrogen (secondary N) is 1. The quantitative estimate of drug-likeness (QED) is 0.339. The van der Waals surface area contributed by atoms with Gasteiger partial charge in [0, 0.05) is 17.1 Å². The van der Waals surface area contributed by atoms with E-state index in [-0.39, 0.29) is 0 Å². The summed E-state index contributed by atoms with van der Waals surface area (Å²) in [4.78, 5) is 0. The van der Waals surface area contributed by atoms with Crippen LogP contribution in [0, 0.1) is 17.8 Å². The molecule has 1 aromatic carbocycles. The molecule has 21 heavy (non-hydrogen) atoms. The van der Waals surface area contributed by atoms with E-state index in [0.717, 1.165) is 23.9 Å². The highest BCUT2D eigenvalue weighted by Gasteiger charge is 2.24. The first-order valence-electron chi connectivity index (χ1n) is 7.82. The summed E-state index contributed by atoms with van der Waals surface area (Å²) in [5, 5.41) is 16.5. The monoisotopic (exact) mass is 308 g/mol. The van der Waals surface area contributed by atoms with Crippen molar-refractivity contribution in [3.63, 3.8) is 0 Å². The molecule has 0 atom stereocenters. The zero-order chi connectivity index (χ0) is 15.2. The van der Waals surface area contributed by atoms with E-state index >= 15 is 0 Å². The molecule has 1 aliphatic rings. The number of hydrogen-bond donors (Lipinski definition) is 2. The minimum absolute atomic E-state index is 0.616. The summed E-state index contributed by atoms with van der Waals surface area (Å²) in [7, 11) is 0. The molecule has 2 N–H and O–H groups in total. The summed E-state index contributed by atoms with van der Waals surface area (Å²) in [5.74, 6) is 2.90. The Hall–Kier alpha value is -1.22. The Kier molecular flexibility index (Phi) is 5.92. The molecule has 0 amide bonds. The second-order valence-corrected chi connectivity index (χ2v) is 6.84. The third kappa shape index (κ3) is 4.92. The summed E-state index contributed by atoms with van der Waals surface area (Å²) in [6.07, 6.45) is 5.85. The highest BCUT2D eigenvalue weighted by atomic mass is 35.5. The number of halogens is 1. The van der Waals surface area contributed by atoms with Crippen LogP contribution in [0.5, 0.6) is 0 Å². The topological polar surface area (TPSA) is 44.6 Å². The Morgan fingerprint density at radius 3 is 2.38 bits per heavy atom. The molecule has 1 aromatic rings. The molecule has 0 aromatic heterocycles. The van der Waals surface area contributed by atoms with Crippen LogP contribution >= 0.6 is 11.6 Å². The lowest BCUT2D eigenvalue weighted by Crippen LogP contribution is -2.23. The standard InChI is InChI=1S/C17H25ClN2O/c1-12(2)14-5-3-13(4-6-14)11-17(20-21)19-16-9-7-15(18)8-10-16/h7-10,12-14,21H,3-6,11H2,1-2H3,(H,19,20)/t13-,14+. The second-order valence-electron chi connectivity index (χ2n) is 6.41. The summed E-state index contributed by atoms with van der Waals surface area (Å²) in [6.45, 7) is 4.63. The van der Waals surface area contributed by atoms with Crippen molar-refractivity contribution in [2.45, 2.75) is 46.0 Å². The second kappa shape index (κ2) is 7.69. The number of hydrogen-bond acceptors (Lipinski definition) is 2. The van der Waals surface area contributed by atoms with Crippen molar-refractivity contribution in [3.8, 4) is 0 Å². The van der Waals surface area contributed by atoms with Crippen molar-refractivity contribution >= 4 is 23.1 Å². The van der Waals surface area contributed by atoms with Crippen molar-refractivity contribution in [2.75, 3.05) is 5.32 Å². The zero-order valence-electron chi connectivity index (χ0n) is 12.8. The van der Waals surface area contributed by atoms with Gasteiger partial charge in [0.2, 0.25) is 0 Å². The van der Waals surface area contributed by atoms with E-state index in [1.807, 2.05) is 24.3 Å². The van der Waals surface area contributed by atoms with Crippen molar-refractivity contribution in [1.82, 2.24) is 0 Å². The van der Waals surface area contributed by atoms with Crippen molar-refractivity contribution in [2.24, 2.45) is 22.9 Å². The molecule has 2 rings (SSSR count). The van der Waals surface area contributed by atoms with Gasteiger partial charge in [0.15, 0.2) is 0 Å². The van der Waals surface area contributed by atoms with E-state index in [1.54, 1.807) is 0 Å². The number of rotatable bonds is 4. The lowest BCUT2D eigenvalue weighted by atomic mass is 9.76. The van der Waals surface area contributed by atoms with Crippen molar-refractivity contribution in [1.29, 1.82) is 0 Å². The van der Waals surface area contributed by atoms with Crippen LogP contribution in [0.4, 0.5) is 5.69 Å². The minimum atomic E-state index is 0.616. The van der Waals surface area contributed by atoms with Gasteiger partial charge in [-0.05, 0) is 67.7 Å². The van der Waals surface area contributed by atoms with E-state index in [4.69, 9.17) is 11.6 Å². The molecule has 1 aliphatic carbocycles. The van der Waals surface area contributed by atoms with E-state index < -0.39 is 0 Å². The fourth-order valence-electron chi connectivity index (χ4n) is 3.15. The summed E-state index contributed by atoms with van der Waals surface area (Å²) in [5.41, 5.74) is 0.906. The first kappa shape index (κ1) is 16.2. The molecule has 116 valence electrons. The van der Waals surface area contributed by atoms with Crippen LogP contribution in [0.15, 0.2) is 29.4 Å². The first-order chi connectivity index (χ1) is 10.1. The van der Waals surface area contributed by atoms with Crippen LogP contribution in [0.1, 0.15) is 46.0 Å². The molecule has 3 nitrogen and oxygen atoms in total. The minimum Gasteiger partial charge on any atom is -0.409 e. The van der Waals surface area contributed by atoms with E-state index in [0.29, 0.717) is 16.8 Å². The van der Waals surface area contributed by atoms with Gasteiger partial charge >= 0.3 is 0 Å². The lowest BCUT2D eigenvalue weighted by Gasteiger charge is -2.31. The number of amidine groups is 1. The third-order valence-electron chi connectivity index (χ3n) is 4.57. The Labute approximate surface area is 132 Å². The predicted octanol–water partition coefficient (Wildman–Crippen LogP) is 5.39. The van der Waals surface area contributed by atoms with E-state index in [2.05, 4.69) is 24.3 Å². The average Bonchev–Trinajstić information content (AvgIpc) is 2.49. The lowest BCUT2D eigenvalue weighted by molar-refractivity contribution is 0.226. The first-order valence-corrected chi connectivity index (χ1v) is 8.19. The van der Waals surface area contributed by atoms with E-state index in [9.17, 15) is 5.21 Å². The normalized spacial score (nSPS) is 23.3. The molecule has 0 heterocycles. The Morgan fingerprint density at radius 1 is 1.24 bits per heavy atom. The van der Waals surface area contributed by atoms with Crippen LogP contribution < -0.4 is 5.32 Å². The predicted molar refractivity (Wildman–Crippen MR) is 89.2 cm³/mol. The van der Waals surface area contributed by atoms with Crippen LogP contribution in [0.2, 0.25) is 5.02 Å². The number of benzene rings is 1. The maximum absolute atomic E-state index is 9.21. The molecule has 0 saturated heterocycles. The highest BCUT2D eigenvalue weighted by Crippen LogP contribution is 2.34. The van der Waals surface area contributed by atoms with Gasteiger partial charge in [0.25, 0.3) is 0 Å². The van der Waals surface area contributed by atoms with Gasteiger partial charge in [0.1, 0.15) is 5.84 Å². The van der Waals surface area contributed by atoms with Gasteiger partial charge in [-0.3, -0.25) is 0 Å². The maximum atomic E-state index is 9.21. The van der Waals surface area contributed by atoms with Gasteiger partial charge in [-0.1, -0.05) is 30.6 Å². The molecule has 0 bridgehead atoms. The van der Waals surface area contributed by atoms with E-state index in [1.165, 1.54) is 25.7 Å². The van der Waals surface area contributed by atoms with Gasteiger partial charge in [0.05, 0.1) is 0 Å². The summed E-state index contributed by atoms with van der Waals surface area (Å²) < 4.78 is 0. The maximum Gasteiger partial charge on any atom is 0.146 e. The van der Waals surface area contributed by atoms with Crippen molar-refractivity contribution in [3.05, 3.63) is 29.3 Å². The van der Waals surface area contributed by atoms with Gasteiger partial charge < -0.3 is 10.5 Å². The highest BCUT2D eigenvalue weighted by molar-refractivity contribution is 6.30. The fourth-order valence-corrected chi connectivity index (χ4v) is 3.28. The summed E-state index contributed by atoms with van der Waals surface area (Å²) >= 11 is 5.87. The Balaban J connectivity index is 1.85. The molecule has 0 unspecified atom stereocenters. The Bertz CT molecular complexity index is 462. The molecule has 1 saturated carbocycles. The van der Waals surface area contributed by atoms with Crippen LogP contribution in [-0.2, 0) is 0 Å². The van der Waals surface area contributed by atoms with Gasteiger partial charge in [-0.2, -0.15) is 0 Å². The molecule has 0 aliphatic heterocycles. The summed E-state index contributed by atoms with van der Waals surface area (Å²) in [6, 6.07) is 7.44. The molecule has 4 heteroatoms. The number of oxime groups is 1. The largest absolute Gasteiger partial charge is 0.409 e. The smallest absolute Gasteiger partial charge is 0.146 e. The number of anilines is 1. The fraction of sp³-hybridized carbons (Fsp3) is 0.588. The molecule has 1 fully saturated rings. The molecule has 0 spiro atoms. The zero-order valence-corrected chi connectivity index (χ0v) is 13.6. The SMILES string of the molecule is CC(C)[C@H]1CC[C@@H](C/C(=N/O)Nc2ccc(Cl)cc2)CC1. The molecule has 0 radical (unpaired) electrons. The van der Waals surface area contributed by atoms with Gasteiger partial charge in [-0.25, -0.2) is 0 Å². The van der Waals surface area contributed by atoms with Crippen LogP contribution in [0.3, 0.4) is 0 Å². The average molecular weight is 309 g/mol.